The predicted molar refractivity (Wildman–Crippen MR) is 103 cm³/mol. The fourth-order valence-electron chi connectivity index (χ4n) is 2.98. The number of carbonyl (C=O) groups is 2. The molecule has 2 N–H and O–H groups in total. The zero-order valence-corrected chi connectivity index (χ0v) is 15.4. The number of amides is 2. The number of anilines is 1. The first-order chi connectivity index (χ1) is 12.7. The van der Waals surface area contributed by atoms with Crippen molar-refractivity contribution in [2.24, 2.45) is 0 Å². The molecule has 0 bridgehead atoms. The molecule has 4 rings (SSSR count). The van der Waals surface area contributed by atoms with Gasteiger partial charge in [0.15, 0.2) is 0 Å². The molecule has 5 nitrogen and oxygen atoms in total. The van der Waals surface area contributed by atoms with Crippen molar-refractivity contribution >= 4 is 28.8 Å². The Hall–Kier alpha value is -2.18. The topological polar surface area (TPSA) is 61.4 Å². The van der Waals surface area contributed by atoms with Crippen LogP contribution in [0.5, 0.6) is 0 Å². The fourth-order valence-corrected chi connectivity index (χ4v) is 3.71. The molecule has 26 heavy (non-hydrogen) atoms. The fraction of sp³-hybridized carbons (Fsp3) is 0.400. The van der Waals surface area contributed by atoms with Crippen LogP contribution in [0.15, 0.2) is 41.8 Å². The van der Waals surface area contributed by atoms with Crippen molar-refractivity contribution < 1.29 is 9.59 Å². The third kappa shape index (κ3) is 4.71. The Labute approximate surface area is 157 Å². The summed E-state index contributed by atoms with van der Waals surface area (Å²) in [6.45, 7) is 1.20. The maximum absolute atomic E-state index is 12.5. The predicted octanol–water partition coefficient (Wildman–Crippen LogP) is 3.24. The number of rotatable bonds is 8. The minimum Gasteiger partial charge on any atom is -0.349 e. The molecule has 0 aliphatic heterocycles. The Morgan fingerprint density at radius 2 is 1.96 bits per heavy atom. The molecule has 2 saturated carbocycles. The molecule has 0 spiro atoms. The van der Waals surface area contributed by atoms with Crippen molar-refractivity contribution in [1.29, 1.82) is 0 Å². The van der Waals surface area contributed by atoms with E-state index in [-0.39, 0.29) is 11.8 Å². The Morgan fingerprint density at radius 3 is 2.65 bits per heavy atom. The van der Waals surface area contributed by atoms with E-state index < -0.39 is 0 Å². The lowest BCUT2D eigenvalue weighted by molar-refractivity contribution is -0.117. The molecule has 0 saturated heterocycles. The van der Waals surface area contributed by atoms with E-state index in [0.29, 0.717) is 29.9 Å². The first-order valence-electron chi connectivity index (χ1n) is 9.14. The van der Waals surface area contributed by atoms with Crippen LogP contribution in [0.3, 0.4) is 0 Å². The highest BCUT2D eigenvalue weighted by Crippen LogP contribution is 2.29. The SMILES string of the molecule is O=C(CN(Cc1cccs1)C1CC1)Nc1cccc(C(=O)NC2CC2)c1. The average molecular weight is 369 g/mol. The summed E-state index contributed by atoms with van der Waals surface area (Å²) in [5.74, 6) is -0.103. The summed E-state index contributed by atoms with van der Waals surface area (Å²) in [5, 5.41) is 7.98. The minimum absolute atomic E-state index is 0.0341. The van der Waals surface area contributed by atoms with Crippen molar-refractivity contribution in [2.45, 2.75) is 44.3 Å². The summed E-state index contributed by atoms with van der Waals surface area (Å²) in [6.07, 6.45) is 4.44. The first-order valence-corrected chi connectivity index (χ1v) is 10.0. The van der Waals surface area contributed by atoms with Crippen molar-refractivity contribution in [2.75, 3.05) is 11.9 Å². The number of nitrogens with zero attached hydrogens (tertiary/aromatic N) is 1. The van der Waals surface area contributed by atoms with Gasteiger partial charge in [0.1, 0.15) is 0 Å². The molecule has 2 fully saturated rings. The maximum atomic E-state index is 12.5. The van der Waals surface area contributed by atoms with Crippen molar-refractivity contribution in [3.63, 3.8) is 0 Å². The number of carbonyl (C=O) groups excluding carboxylic acids is 2. The molecular formula is C20H23N3O2S. The van der Waals surface area contributed by atoms with E-state index in [1.54, 1.807) is 23.5 Å². The van der Waals surface area contributed by atoms with Gasteiger partial charge in [0.25, 0.3) is 5.91 Å². The third-order valence-electron chi connectivity index (χ3n) is 4.67. The number of benzene rings is 1. The van der Waals surface area contributed by atoms with E-state index in [0.717, 1.165) is 32.2 Å². The third-order valence-corrected chi connectivity index (χ3v) is 5.53. The molecule has 2 aliphatic rings. The minimum atomic E-state index is -0.0686. The molecule has 136 valence electrons. The van der Waals surface area contributed by atoms with E-state index in [4.69, 9.17) is 0 Å². The van der Waals surface area contributed by atoms with Gasteiger partial charge in [-0.15, -0.1) is 11.3 Å². The van der Waals surface area contributed by atoms with E-state index in [1.807, 2.05) is 18.2 Å². The Bertz CT molecular complexity index is 782. The lowest BCUT2D eigenvalue weighted by atomic mass is 10.2. The van der Waals surface area contributed by atoms with Gasteiger partial charge < -0.3 is 10.6 Å². The first kappa shape index (κ1) is 17.2. The second-order valence-corrected chi connectivity index (χ2v) is 8.12. The van der Waals surface area contributed by atoms with E-state index in [2.05, 4.69) is 27.0 Å². The van der Waals surface area contributed by atoms with Gasteiger partial charge in [-0.1, -0.05) is 12.1 Å². The van der Waals surface area contributed by atoms with Crippen molar-refractivity contribution in [1.82, 2.24) is 10.2 Å². The molecule has 1 aromatic carbocycles. The number of thiophene rings is 1. The van der Waals surface area contributed by atoms with Gasteiger partial charge in [-0.3, -0.25) is 14.5 Å². The van der Waals surface area contributed by atoms with Crippen LogP contribution >= 0.6 is 11.3 Å². The lowest BCUT2D eigenvalue weighted by Crippen LogP contribution is -2.34. The van der Waals surface area contributed by atoms with Crippen LogP contribution in [0.25, 0.3) is 0 Å². The highest BCUT2D eigenvalue weighted by molar-refractivity contribution is 7.09. The molecule has 0 atom stereocenters. The van der Waals surface area contributed by atoms with E-state index in [1.165, 1.54) is 4.88 Å². The monoisotopic (exact) mass is 369 g/mol. The van der Waals surface area contributed by atoms with Gasteiger partial charge in [0.05, 0.1) is 6.54 Å². The summed E-state index contributed by atoms with van der Waals surface area (Å²) in [5.41, 5.74) is 1.26. The molecule has 2 aliphatic carbocycles. The van der Waals surface area contributed by atoms with Gasteiger partial charge >= 0.3 is 0 Å². The molecule has 0 unspecified atom stereocenters. The normalized spacial score (nSPS) is 16.5. The molecular weight excluding hydrogens is 346 g/mol. The smallest absolute Gasteiger partial charge is 0.251 e. The maximum Gasteiger partial charge on any atom is 0.251 e. The van der Waals surface area contributed by atoms with Crippen molar-refractivity contribution in [3.8, 4) is 0 Å². The standard InChI is InChI=1S/C20H23N3O2S/c24-19(13-23(17-8-9-17)12-18-5-2-10-26-18)21-16-4-1-3-14(11-16)20(25)22-15-6-7-15/h1-5,10-11,15,17H,6-9,12-13H2,(H,21,24)(H,22,25). The quantitative estimate of drug-likeness (QED) is 0.751. The van der Waals surface area contributed by atoms with Crippen LogP contribution in [0.2, 0.25) is 0 Å². The number of hydrogen-bond donors (Lipinski definition) is 2. The molecule has 1 heterocycles. The summed E-state index contributed by atoms with van der Waals surface area (Å²) in [6, 6.07) is 12.2. The number of nitrogens with one attached hydrogen (secondary N) is 2. The summed E-state index contributed by atoms with van der Waals surface area (Å²) in [4.78, 5) is 28.2. The van der Waals surface area contributed by atoms with Gasteiger partial charge in [0.2, 0.25) is 5.91 Å². The summed E-state index contributed by atoms with van der Waals surface area (Å²) in [7, 11) is 0. The van der Waals surface area contributed by atoms with Gasteiger partial charge in [-0.2, -0.15) is 0 Å². The van der Waals surface area contributed by atoms with Crippen LogP contribution in [0, 0.1) is 0 Å². The Morgan fingerprint density at radius 1 is 1.12 bits per heavy atom. The molecule has 2 amide bonds. The summed E-state index contributed by atoms with van der Waals surface area (Å²) >= 11 is 1.72. The van der Waals surface area contributed by atoms with Crippen LogP contribution in [0.4, 0.5) is 5.69 Å². The second-order valence-electron chi connectivity index (χ2n) is 7.09. The molecule has 6 heteroatoms. The van der Waals surface area contributed by atoms with Crippen LogP contribution < -0.4 is 10.6 Å². The van der Waals surface area contributed by atoms with Crippen LogP contribution in [-0.4, -0.2) is 35.3 Å². The zero-order valence-electron chi connectivity index (χ0n) is 14.6. The van der Waals surface area contributed by atoms with Gasteiger partial charge in [0, 0.05) is 34.8 Å². The zero-order chi connectivity index (χ0) is 17.9. The Balaban J connectivity index is 1.35. The van der Waals surface area contributed by atoms with Gasteiger partial charge in [-0.25, -0.2) is 0 Å². The number of hydrogen-bond acceptors (Lipinski definition) is 4. The van der Waals surface area contributed by atoms with E-state index in [9.17, 15) is 9.59 Å². The lowest BCUT2D eigenvalue weighted by Gasteiger charge is -2.20. The average Bonchev–Trinajstić information content (AvgIpc) is 3.55. The van der Waals surface area contributed by atoms with Crippen molar-refractivity contribution in [3.05, 3.63) is 52.2 Å². The highest BCUT2D eigenvalue weighted by atomic mass is 32.1. The second kappa shape index (κ2) is 7.60. The molecule has 1 aromatic heterocycles. The largest absolute Gasteiger partial charge is 0.349 e. The molecule has 2 aromatic rings. The highest BCUT2D eigenvalue weighted by Gasteiger charge is 2.30. The van der Waals surface area contributed by atoms with Crippen LogP contribution in [0.1, 0.15) is 40.9 Å². The van der Waals surface area contributed by atoms with Gasteiger partial charge in [-0.05, 0) is 55.3 Å². The Kier molecular flexibility index (Phi) is 5.04. The summed E-state index contributed by atoms with van der Waals surface area (Å²) < 4.78 is 0. The molecule has 0 radical (unpaired) electrons. The van der Waals surface area contributed by atoms with Crippen LogP contribution in [-0.2, 0) is 11.3 Å². The van der Waals surface area contributed by atoms with E-state index >= 15 is 0 Å².